The van der Waals surface area contributed by atoms with Crippen molar-refractivity contribution in [1.29, 1.82) is 0 Å². The van der Waals surface area contributed by atoms with Crippen molar-refractivity contribution in [3.05, 3.63) is 56.2 Å². The maximum absolute atomic E-state index is 11.6. The van der Waals surface area contributed by atoms with Gasteiger partial charge in [0, 0.05) is 23.5 Å². The number of thiophene rings is 1. The number of carbonyl (C=O) groups is 1. The smallest absolute Gasteiger partial charge is 0.354 e. The van der Waals surface area contributed by atoms with Crippen LogP contribution >= 0.6 is 34.5 Å². The highest BCUT2D eigenvalue weighted by Crippen LogP contribution is 2.33. The molecule has 1 N–H and O–H groups in total. The minimum atomic E-state index is -1.04. The molecule has 118 valence electrons. The number of imidazole rings is 1. The van der Waals surface area contributed by atoms with Gasteiger partial charge in [-0.1, -0.05) is 23.2 Å². The first-order valence-corrected chi connectivity index (χ1v) is 8.19. The molecule has 3 aromatic rings. The second-order valence-corrected chi connectivity index (χ2v) is 7.14. The van der Waals surface area contributed by atoms with E-state index < -0.39 is 5.97 Å². The zero-order chi connectivity index (χ0) is 16.6. The van der Waals surface area contributed by atoms with Crippen molar-refractivity contribution in [2.24, 2.45) is 0 Å². The summed E-state index contributed by atoms with van der Waals surface area (Å²) in [6.07, 6.45) is 3.30. The molecule has 3 rings (SSSR count). The molecule has 8 heteroatoms. The van der Waals surface area contributed by atoms with Gasteiger partial charge in [0.2, 0.25) is 0 Å². The number of aryl methyl sites for hydroxylation is 1. The Balaban J connectivity index is 2.16. The number of halogens is 2. The fraction of sp³-hybridized carbons (Fsp3) is 0.133. The number of pyridine rings is 1. The van der Waals surface area contributed by atoms with E-state index in [-0.39, 0.29) is 12.2 Å². The molecule has 0 saturated heterocycles. The van der Waals surface area contributed by atoms with E-state index in [0.29, 0.717) is 20.2 Å². The lowest BCUT2D eigenvalue weighted by molar-refractivity contribution is 0.0685. The summed E-state index contributed by atoms with van der Waals surface area (Å²) in [5.41, 5.74) is 2.06. The van der Waals surface area contributed by atoms with Crippen LogP contribution in [0.4, 0.5) is 0 Å². The first-order chi connectivity index (χ1) is 11.0. The zero-order valence-corrected chi connectivity index (χ0v) is 14.3. The Morgan fingerprint density at radius 2 is 2.22 bits per heavy atom. The van der Waals surface area contributed by atoms with Gasteiger partial charge in [0.15, 0.2) is 5.69 Å². The topological polar surface area (TPSA) is 68.0 Å². The number of aromatic carboxylic acids is 1. The van der Waals surface area contributed by atoms with Crippen LogP contribution in [-0.4, -0.2) is 25.6 Å². The third-order valence-corrected chi connectivity index (χ3v) is 4.89. The van der Waals surface area contributed by atoms with Crippen molar-refractivity contribution in [3.63, 3.8) is 0 Å². The molecule has 0 unspecified atom stereocenters. The Kier molecular flexibility index (Phi) is 4.39. The third kappa shape index (κ3) is 3.10. The Morgan fingerprint density at radius 1 is 1.43 bits per heavy atom. The van der Waals surface area contributed by atoms with Crippen molar-refractivity contribution in [3.8, 4) is 11.4 Å². The standard InChI is InChI=1S/C15H11Cl2N3O2S/c1-8-12(15(21)22)20(7-10-5-11(16)23-13(10)17)14(19-8)9-3-2-4-18-6-9/h2-6H,7H2,1H3,(H,21,22). The predicted molar refractivity (Wildman–Crippen MR) is 90.6 cm³/mol. The molecule has 0 fully saturated rings. The van der Waals surface area contributed by atoms with E-state index in [1.807, 2.05) is 6.07 Å². The number of hydrogen-bond donors (Lipinski definition) is 1. The molecule has 0 spiro atoms. The van der Waals surface area contributed by atoms with Crippen molar-refractivity contribution >= 4 is 40.5 Å². The van der Waals surface area contributed by atoms with Crippen LogP contribution in [0, 0.1) is 6.92 Å². The summed E-state index contributed by atoms with van der Waals surface area (Å²) in [5.74, 6) is -0.506. The molecule has 5 nitrogen and oxygen atoms in total. The normalized spacial score (nSPS) is 10.9. The lowest BCUT2D eigenvalue weighted by Crippen LogP contribution is -2.11. The Bertz CT molecular complexity index is 874. The van der Waals surface area contributed by atoms with Crippen LogP contribution in [-0.2, 0) is 6.54 Å². The molecule has 0 aliphatic heterocycles. The molecule has 0 aromatic carbocycles. The molecule has 0 aliphatic carbocycles. The maximum Gasteiger partial charge on any atom is 0.354 e. The van der Waals surface area contributed by atoms with Crippen LogP contribution in [0.15, 0.2) is 30.6 Å². The number of carboxylic acid groups (broad SMARTS) is 1. The molecule has 0 bridgehead atoms. The minimum Gasteiger partial charge on any atom is -0.477 e. The molecule has 0 aliphatic rings. The first kappa shape index (κ1) is 16.0. The average molecular weight is 368 g/mol. The van der Waals surface area contributed by atoms with Crippen LogP contribution in [0.25, 0.3) is 11.4 Å². The van der Waals surface area contributed by atoms with Crippen molar-refractivity contribution < 1.29 is 9.90 Å². The number of carboxylic acids is 1. The monoisotopic (exact) mass is 367 g/mol. The van der Waals surface area contributed by atoms with Gasteiger partial charge in [0.25, 0.3) is 0 Å². The number of nitrogens with zero attached hydrogens (tertiary/aromatic N) is 3. The first-order valence-electron chi connectivity index (χ1n) is 6.62. The van der Waals surface area contributed by atoms with Gasteiger partial charge in [0.1, 0.15) is 5.82 Å². The maximum atomic E-state index is 11.6. The Labute approximate surface area is 146 Å². The van der Waals surface area contributed by atoms with E-state index in [1.54, 1.807) is 36.0 Å². The summed E-state index contributed by atoms with van der Waals surface area (Å²) in [7, 11) is 0. The number of hydrogen-bond acceptors (Lipinski definition) is 4. The predicted octanol–water partition coefficient (Wildman–Crippen LogP) is 4.37. The largest absolute Gasteiger partial charge is 0.477 e. The number of aromatic nitrogens is 3. The molecule has 3 aromatic heterocycles. The van der Waals surface area contributed by atoms with Gasteiger partial charge in [-0.15, -0.1) is 11.3 Å². The summed E-state index contributed by atoms with van der Waals surface area (Å²) in [4.78, 5) is 20.1. The highest BCUT2D eigenvalue weighted by molar-refractivity contribution is 7.20. The fourth-order valence-corrected chi connectivity index (χ4v) is 3.84. The molecule has 0 radical (unpaired) electrons. The summed E-state index contributed by atoms with van der Waals surface area (Å²) in [6, 6.07) is 5.35. The van der Waals surface area contributed by atoms with Crippen LogP contribution in [0.3, 0.4) is 0 Å². The number of rotatable bonds is 4. The molecule has 23 heavy (non-hydrogen) atoms. The van der Waals surface area contributed by atoms with Gasteiger partial charge in [-0.2, -0.15) is 0 Å². The summed E-state index contributed by atoms with van der Waals surface area (Å²) in [6.45, 7) is 1.94. The summed E-state index contributed by atoms with van der Waals surface area (Å²) in [5, 5.41) is 9.53. The Morgan fingerprint density at radius 3 is 2.78 bits per heavy atom. The SMILES string of the molecule is Cc1nc(-c2cccnc2)n(Cc2cc(Cl)sc2Cl)c1C(=O)O. The van der Waals surface area contributed by atoms with Gasteiger partial charge in [-0.25, -0.2) is 9.78 Å². The molecule has 0 atom stereocenters. The minimum absolute atomic E-state index is 0.127. The summed E-state index contributed by atoms with van der Waals surface area (Å²) >= 11 is 13.4. The van der Waals surface area contributed by atoms with Crippen LogP contribution in [0.1, 0.15) is 21.7 Å². The second kappa shape index (κ2) is 6.31. The molecular weight excluding hydrogens is 357 g/mol. The van der Waals surface area contributed by atoms with Crippen molar-refractivity contribution in [1.82, 2.24) is 14.5 Å². The van der Waals surface area contributed by atoms with E-state index in [4.69, 9.17) is 23.2 Å². The Hall–Kier alpha value is -1.89. The third-order valence-electron chi connectivity index (χ3n) is 3.32. The second-order valence-electron chi connectivity index (χ2n) is 4.85. The lowest BCUT2D eigenvalue weighted by atomic mass is 10.2. The summed E-state index contributed by atoms with van der Waals surface area (Å²) < 4.78 is 2.72. The molecule has 0 saturated carbocycles. The zero-order valence-electron chi connectivity index (χ0n) is 12.0. The molecule has 3 heterocycles. The quantitative estimate of drug-likeness (QED) is 0.743. The van der Waals surface area contributed by atoms with E-state index >= 15 is 0 Å². The van der Waals surface area contributed by atoms with E-state index in [1.165, 1.54) is 11.3 Å². The lowest BCUT2D eigenvalue weighted by Gasteiger charge is -2.09. The van der Waals surface area contributed by atoms with Gasteiger partial charge < -0.3 is 9.67 Å². The molecule has 0 amide bonds. The van der Waals surface area contributed by atoms with Crippen LogP contribution < -0.4 is 0 Å². The molecular formula is C15H11Cl2N3O2S. The van der Waals surface area contributed by atoms with E-state index in [2.05, 4.69) is 9.97 Å². The van der Waals surface area contributed by atoms with Crippen molar-refractivity contribution in [2.75, 3.05) is 0 Å². The fourth-order valence-electron chi connectivity index (χ4n) is 2.37. The van der Waals surface area contributed by atoms with E-state index in [9.17, 15) is 9.90 Å². The van der Waals surface area contributed by atoms with Gasteiger partial charge in [-0.3, -0.25) is 4.98 Å². The van der Waals surface area contributed by atoms with Crippen LogP contribution in [0.2, 0.25) is 8.67 Å². The van der Waals surface area contributed by atoms with Gasteiger partial charge in [-0.05, 0) is 25.1 Å². The highest BCUT2D eigenvalue weighted by Gasteiger charge is 2.22. The van der Waals surface area contributed by atoms with Gasteiger partial charge in [0.05, 0.1) is 20.9 Å². The van der Waals surface area contributed by atoms with Crippen LogP contribution in [0.5, 0.6) is 0 Å². The average Bonchev–Trinajstić information content (AvgIpc) is 3.00. The van der Waals surface area contributed by atoms with Gasteiger partial charge >= 0.3 is 5.97 Å². The van der Waals surface area contributed by atoms with E-state index in [0.717, 1.165) is 11.1 Å². The van der Waals surface area contributed by atoms with Crippen molar-refractivity contribution in [2.45, 2.75) is 13.5 Å². The highest BCUT2D eigenvalue weighted by atomic mass is 35.5.